The van der Waals surface area contributed by atoms with Crippen molar-refractivity contribution in [3.8, 4) is 5.75 Å². The topological polar surface area (TPSA) is 60.3 Å². The van der Waals surface area contributed by atoms with Gasteiger partial charge in [-0.15, -0.1) is 0 Å². The van der Waals surface area contributed by atoms with Crippen molar-refractivity contribution in [2.75, 3.05) is 0 Å². The molecule has 5 nitrogen and oxygen atoms in total. The summed E-state index contributed by atoms with van der Waals surface area (Å²) in [5, 5.41) is 4.78. The number of aromatic nitrogens is 1. The number of rotatable bonds is 7. The van der Waals surface area contributed by atoms with E-state index in [1.807, 2.05) is 57.3 Å². The summed E-state index contributed by atoms with van der Waals surface area (Å²) in [4.78, 5) is 23.8. The van der Waals surface area contributed by atoms with Crippen molar-refractivity contribution in [2.24, 2.45) is 0 Å². The highest BCUT2D eigenvalue weighted by molar-refractivity contribution is 7.07. The van der Waals surface area contributed by atoms with Crippen LogP contribution in [-0.2, 0) is 11.3 Å². The van der Waals surface area contributed by atoms with Crippen molar-refractivity contribution in [3.63, 3.8) is 0 Å². The summed E-state index contributed by atoms with van der Waals surface area (Å²) in [7, 11) is 0. The van der Waals surface area contributed by atoms with Gasteiger partial charge in [0.25, 0.3) is 0 Å². The first-order valence-electron chi connectivity index (χ1n) is 8.07. The molecule has 0 fully saturated rings. The number of hydrogen-bond donors (Lipinski definition) is 1. The fraction of sp³-hybridized carbons (Fsp3) is 0.444. The molecule has 0 saturated heterocycles. The van der Waals surface area contributed by atoms with Crippen molar-refractivity contribution >= 4 is 17.2 Å². The summed E-state index contributed by atoms with van der Waals surface area (Å²) in [5.41, 5.74) is 1.88. The van der Waals surface area contributed by atoms with Gasteiger partial charge in [-0.3, -0.25) is 9.59 Å². The number of hydrogen-bond acceptors (Lipinski definition) is 4. The van der Waals surface area contributed by atoms with E-state index in [-0.39, 0.29) is 29.3 Å². The van der Waals surface area contributed by atoms with Crippen LogP contribution in [0.1, 0.15) is 44.5 Å². The van der Waals surface area contributed by atoms with E-state index in [0.717, 1.165) is 28.3 Å². The van der Waals surface area contributed by atoms with Crippen LogP contribution in [0.5, 0.6) is 5.75 Å². The summed E-state index contributed by atoms with van der Waals surface area (Å²) >= 11 is 1.16. The van der Waals surface area contributed by atoms with Gasteiger partial charge in [0.15, 0.2) is 0 Å². The predicted octanol–water partition coefficient (Wildman–Crippen LogP) is 3.27. The molecule has 1 amide bonds. The molecule has 0 aliphatic heterocycles. The van der Waals surface area contributed by atoms with E-state index in [2.05, 4.69) is 5.32 Å². The number of nitrogens with one attached hydrogen (secondary N) is 1. The Hall–Kier alpha value is -2.08. The molecule has 0 radical (unpaired) electrons. The van der Waals surface area contributed by atoms with E-state index < -0.39 is 0 Å². The quantitative estimate of drug-likeness (QED) is 0.835. The van der Waals surface area contributed by atoms with Crippen LogP contribution in [0.4, 0.5) is 0 Å². The van der Waals surface area contributed by atoms with Gasteiger partial charge in [0, 0.05) is 24.0 Å². The van der Waals surface area contributed by atoms with Crippen LogP contribution in [0.2, 0.25) is 0 Å². The normalized spacial score (nSPS) is 12.2. The van der Waals surface area contributed by atoms with Crippen LogP contribution in [0.3, 0.4) is 0 Å². The molecular weight excluding hydrogens is 324 g/mol. The molecule has 1 N–H and O–H groups in total. The Bertz CT molecular complexity index is 749. The van der Waals surface area contributed by atoms with Crippen LogP contribution in [0.15, 0.2) is 34.4 Å². The number of benzene rings is 1. The van der Waals surface area contributed by atoms with Gasteiger partial charge >= 0.3 is 4.87 Å². The lowest BCUT2D eigenvalue weighted by molar-refractivity contribution is -0.121. The van der Waals surface area contributed by atoms with Crippen molar-refractivity contribution < 1.29 is 9.53 Å². The van der Waals surface area contributed by atoms with Gasteiger partial charge in [-0.25, -0.2) is 0 Å². The fourth-order valence-corrected chi connectivity index (χ4v) is 3.18. The number of carbonyl (C=O) groups excluding carboxylic acids is 1. The minimum Gasteiger partial charge on any atom is -0.491 e. The van der Waals surface area contributed by atoms with Gasteiger partial charge in [-0.1, -0.05) is 23.5 Å². The molecule has 1 aromatic heterocycles. The van der Waals surface area contributed by atoms with E-state index in [0.29, 0.717) is 6.54 Å². The number of amides is 1. The van der Waals surface area contributed by atoms with E-state index in [1.54, 1.807) is 4.57 Å². The molecule has 1 atom stereocenters. The Morgan fingerprint density at radius 2 is 2.08 bits per heavy atom. The summed E-state index contributed by atoms with van der Waals surface area (Å²) in [6.07, 6.45) is 0.390. The highest BCUT2D eigenvalue weighted by Crippen LogP contribution is 2.20. The molecule has 1 heterocycles. The average molecular weight is 348 g/mol. The first kappa shape index (κ1) is 18.3. The Morgan fingerprint density at radius 1 is 1.33 bits per heavy atom. The lowest BCUT2D eigenvalue weighted by Gasteiger charge is -2.17. The third kappa shape index (κ3) is 4.96. The van der Waals surface area contributed by atoms with E-state index in [1.165, 1.54) is 0 Å². The Balaban J connectivity index is 1.93. The summed E-state index contributed by atoms with van der Waals surface area (Å²) in [6, 6.07) is 7.62. The van der Waals surface area contributed by atoms with Crippen molar-refractivity contribution in [1.82, 2.24) is 9.88 Å². The number of aryl methyl sites for hydroxylation is 1. The molecular formula is C18H24N2O3S. The summed E-state index contributed by atoms with van der Waals surface area (Å²) in [5.74, 6) is 0.722. The Morgan fingerprint density at radius 3 is 2.71 bits per heavy atom. The minimum atomic E-state index is -0.117. The molecule has 0 saturated carbocycles. The maximum atomic E-state index is 12.2. The zero-order chi connectivity index (χ0) is 17.7. The van der Waals surface area contributed by atoms with Crippen LogP contribution < -0.4 is 14.9 Å². The third-order valence-electron chi connectivity index (χ3n) is 3.65. The molecule has 0 spiro atoms. The predicted molar refractivity (Wildman–Crippen MR) is 96.7 cm³/mol. The molecule has 0 aliphatic rings. The molecule has 2 rings (SSSR count). The Labute approximate surface area is 146 Å². The second-order valence-electron chi connectivity index (χ2n) is 6.07. The van der Waals surface area contributed by atoms with Crippen LogP contribution in [-0.4, -0.2) is 16.6 Å². The monoisotopic (exact) mass is 348 g/mol. The standard InChI is InChI=1S/C18H24N2O3S/c1-12(2)23-16-7-5-6-15(10-16)14(4)19-17(21)8-9-20-13(3)11-24-18(20)22/h5-7,10-12,14H,8-9H2,1-4H3,(H,19,21)/t14-/m1/s1. The molecule has 130 valence electrons. The SMILES string of the molecule is Cc1csc(=O)n1CCC(=O)N[C@H](C)c1cccc(OC(C)C)c1. The maximum Gasteiger partial charge on any atom is 0.307 e. The molecule has 0 unspecified atom stereocenters. The molecule has 0 aliphatic carbocycles. The number of thiazole rings is 1. The molecule has 1 aromatic carbocycles. The fourth-order valence-electron chi connectivity index (χ4n) is 2.41. The van der Waals surface area contributed by atoms with Gasteiger partial charge in [-0.2, -0.15) is 0 Å². The average Bonchev–Trinajstić information content (AvgIpc) is 2.83. The van der Waals surface area contributed by atoms with Gasteiger partial charge < -0.3 is 14.6 Å². The van der Waals surface area contributed by atoms with Gasteiger partial charge in [-0.05, 0) is 45.4 Å². The van der Waals surface area contributed by atoms with Gasteiger partial charge in [0.2, 0.25) is 5.91 Å². The highest BCUT2D eigenvalue weighted by Gasteiger charge is 2.12. The molecule has 0 bridgehead atoms. The minimum absolute atomic E-state index is 0.0214. The van der Waals surface area contributed by atoms with Crippen molar-refractivity contribution in [1.29, 1.82) is 0 Å². The maximum absolute atomic E-state index is 12.2. The smallest absolute Gasteiger partial charge is 0.307 e. The third-order valence-corrected chi connectivity index (χ3v) is 4.53. The van der Waals surface area contributed by atoms with Crippen LogP contribution in [0, 0.1) is 6.92 Å². The highest BCUT2D eigenvalue weighted by atomic mass is 32.1. The Kier molecular flexibility index (Phi) is 6.20. The lowest BCUT2D eigenvalue weighted by Crippen LogP contribution is -2.28. The first-order chi connectivity index (χ1) is 11.4. The first-order valence-corrected chi connectivity index (χ1v) is 8.95. The summed E-state index contributed by atoms with van der Waals surface area (Å²) < 4.78 is 7.31. The second-order valence-corrected chi connectivity index (χ2v) is 6.89. The van der Waals surface area contributed by atoms with Crippen LogP contribution in [0.25, 0.3) is 0 Å². The van der Waals surface area contributed by atoms with E-state index in [9.17, 15) is 9.59 Å². The number of ether oxygens (including phenoxy) is 1. The van der Waals surface area contributed by atoms with Crippen molar-refractivity contribution in [2.45, 2.75) is 52.8 Å². The number of carbonyl (C=O) groups is 1. The second kappa shape index (κ2) is 8.15. The number of nitrogens with zero attached hydrogens (tertiary/aromatic N) is 1. The van der Waals surface area contributed by atoms with Gasteiger partial charge in [0.05, 0.1) is 12.1 Å². The largest absolute Gasteiger partial charge is 0.491 e. The molecule has 2 aromatic rings. The lowest BCUT2D eigenvalue weighted by atomic mass is 10.1. The van der Waals surface area contributed by atoms with E-state index >= 15 is 0 Å². The molecule has 24 heavy (non-hydrogen) atoms. The molecule has 6 heteroatoms. The zero-order valence-electron chi connectivity index (χ0n) is 14.5. The summed E-state index contributed by atoms with van der Waals surface area (Å²) in [6.45, 7) is 8.18. The van der Waals surface area contributed by atoms with Gasteiger partial charge in [0.1, 0.15) is 5.75 Å². The van der Waals surface area contributed by atoms with E-state index in [4.69, 9.17) is 4.74 Å². The van der Waals surface area contributed by atoms with Crippen molar-refractivity contribution in [3.05, 3.63) is 50.6 Å². The van der Waals surface area contributed by atoms with Crippen LogP contribution >= 0.6 is 11.3 Å². The zero-order valence-corrected chi connectivity index (χ0v) is 15.4.